The molecule has 138 valence electrons. The van der Waals surface area contributed by atoms with Crippen LogP contribution >= 0.6 is 11.6 Å². The van der Waals surface area contributed by atoms with E-state index in [0.29, 0.717) is 5.69 Å². The standard InChI is InChI=1S/C20H23ClFN3O/c1-3-24-8-10-25(11-9-24)19-7-5-16(12-14(19)2)23-20(26)17-6-4-15(22)13-18(17)21/h4-7,12-13H,3,8-11H2,1-2H3,(H,23,26). The molecule has 1 fully saturated rings. The number of carbonyl (C=O) groups is 1. The van der Waals surface area contributed by atoms with Crippen molar-refractivity contribution in [2.75, 3.05) is 42.9 Å². The number of hydrogen-bond donors (Lipinski definition) is 1. The number of amides is 1. The largest absolute Gasteiger partial charge is 0.369 e. The summed E-state index contributed by atoms with van der Waals surface area (Å²) in [6.45, 7) is 9.46. The number of benzene rings is 2. The van der Waals surface area contributed by atoms with Gasteiger partial charge in [0.2, 0.25) is 0 Å². The van der Waals surface area contributed by atoms with Gasteiger partial charge in [-0.05, 0) is 55.4 Å². The number of hydrogen-bond acceptors (Lipinski definition) is 3. The molecule has 0 saturated carbocycles. The predicted molar refractivity (Wildman–Crippen MR) is 105 cm³/mol. The Bertz CT molecular complexity index is 804. The van der Waals surface area contributed by atoms with Gasteiger partial charge >= 0.3 is 0 Å². The fraction of sp³-hybridized carbons (Fsp3) is 0.350. The van der Waals surface area contributed by atoms with E-state index in [0.717, 1.165) is 44.4 Å². The number of aryl methyl sites for hydroxylation is 1. The highest BCUT2D eigenvalue weighted by Crippen LogP contribution is 2.26. The summed E-state index contributed by atoms with van der Waals surface area (Å²) in [5, 5.41) is 2.93. The number of halogens is 2. The molecule has 0 atom stereocenters. The van der Waals surface area contributed by atoms with Gasteiger partial charge in [0.1, 0.15) is 5.82 Å². The minimum atomic E-state index is -0.463. The fourth-order valence-electron chi connectivity index (χ4n) is 3.27. The van der Waals surface area contributed by atoms with Gasteiger partial charge < -0.3 is 15.1 Å². The minimum Gasteiger partial charge on any atom is -0.369 e. The molecule has 2 aromatic carbocycles. The molecule has 1 heterocycles. The molecule has 0 aliphatic carbocycles. The summed E-state index contributed by atoms with van der Waals surface area (Å²) in [5.74, 6) is -0.811. The summed E-state index contributed by atoms with van der Waals surface area (Å²) in [6.07, 6.45) is 0. The second kappa shape index (κ2) is 8.06. The lowest BCUT2D eigenvalue weighted by molar-refractivity contribution is 0.102. The first kappa shape index (κ1) is 18.7. The summed E-state index contributed by atoms with van der Waals surface area (Å²) in [6, 6.07) is 9.65. The van der Waals surface area contributed by atoms with Crippen molar-refractivity contribution in [1.29, 1.82) is 0 Å². The average Bonchev–Trinajstić information content (AvgIpc) is 2.62. The number of carbonyl (C=O) groups excluding carboxylic acids is 1. The van der Waals surface area contributed by atoms with E-state index in [-0.39, 0.29) is 16.5 Å². The summed E-state index contributed by atoms with van der Waals surface area (Å²) >= 11 is 5.96. The average molecular weight is 376 g/mol. The first-order valence-electron chi connectivity index (χ1n) is 8.82. The Morgan fingerprint density at radius 1 is 1.15 bits per heavy atom. The highest BCUT2D eigenvalue weighted by atomic mass is 35.5. The van der Waals surface area contributed by atoms with Crippen molar-refractivity contribution >= 4 is 28.9 Å². The van der Waals surface area contributed by atoms with Crippen LogP contribution in [0.3, 0.4) is 0 Å². The quantitative estimate of drug-likeness (QED) is 0.870. The summed E-state index contributed by atoms with van der Waals surface area (Å²) in [7, 11) is 0. The molecule has 1 aliphatic heterocycles. The van der Waals surface area contributed by atoms with Gasteiger partial charge in [-0.2, -0.15) is 0 Å². The molecule has 0 radical (unpaired) electrons. The molecule has 4 nitrogen and oxygen atoms in total. The Kier molecular flexibility index (Phi) is 5.79. The third-order valence-electron chi connectivity index (χ3n) is 4.79. The van der Waals surface area contributed by atoms with Crippen molar-refractivity contribution in [2.24, 2.45) is 0 Å². The Morgan fingerprint density at radius 3 is 2.50 bits per heavy atom. The van der Waals surface area contributed by atoms with Crippen molar-refractivity contribution in [3.8, 4) is 0 Å². The van der Waals surface area contributed by atoms with E-state index in [9.17, 15) is 9.18 Å². The van der Waals surface area contributed by atoms with Gasteiger partial charge in [-0.15, -0.1) is 0 Å². The van der Waals surface area contributed by atoms with E-state index in [1.54, 1.807) is 0 Å². The van der Waals surface area contributed by atoms with Crippen LogP contribution in [0.1, 0.15) is 22.8 Å². The third-order valence-corrected chi connectivity index (χ3v) is 5.10. The van der Waals surface area contributed by atoms with Crippen LogP contribution in [-0.2, 0) is 0 Å². The predicted octanol–water partition coefficient (Wildman–Crippen LogP) is 4.18. The molecule has 6 heteroatoms. The first-order valence-corrected chi connectivity index (χ1v) is 9.20. The zero-order valence-corrected chi connectivity index (χ0v) is 15.8. The lowest BCUT2D eigenvalue weighted by Crippen LogP contribution is -2.46. The van der Waals surface area contributed by atoms with Crippen LogP contribution in [0.2, 0.25) is 5.02 Å². The maximum Gasteiger partial charge on any atom is 0.257 e. The zero-order chi connectivity index (χ0) is 18.7. The normalized spacial score (nSPS) is 15.2. The number of rotatable bonds is 4. The molecule has 2 aromatic rings. The van der Waals surface area contributed by atoms with Crippen LogP contribution in [0.25, 0.3) is 0 Å². The Hall–Kier alpha value is -2.11. The summed E-state index contributed by atoms with van der Waals surface area (Å²) in [5.41, 5.74) is 3.26. The maximum atomic E-state index is 13.1. The van der Waals surface area contributed by atoms with Crippen molar-refractivity contribution in [3.05, 3.63) is 58.4 Å². The summed E-state index contributed by atoms with van der Waals surface area (Å²) < 4.78 is 13.1. The molecule has 0 spiro atoms. The van der Waals surface area contributed by atoms with E-state index < -0.39 is 5.82 Å². The van der Waals surface area contributed by atoms with Gasteiger partial charge in [0.15, 0.2) is 0 Å². The Labute approximate surface area is 158 Å². The third kappa shape index (κ3) is 4.17. The van der Waals surface area contributed by atoms with Gasteiger partial charge in [0.05, 0.1) is 10.6 Å². The fourth-order valence-corrected chi connectivity index (χ4v) is 3.52. The number of anilines is 2. The summed E-state index contributed by atoms with van der Waals surface area (Å²) in [4.78, 5) is 17.2. The van der Waals surface area contributed by atoms with Crippen LogP contribution < -0.4 is 10.2 Å². The first-order chi connectivity index (χ1) is 12.5. The SMILES string of the molecule is CCN1CCN(c2ccc(NC(=O)c3ccc(F)cc3Cl)cc2C)CC1. The molecule has 0 bridgehead atoms. The van der Waals surface area contributed by atoms with E-state index in [1.807, 2.05) is 25.1 Å². The molecule has 3 rings (SSSR count). The van der Waals surface area contributed by atoms with Gasteiger partial charge in [-0.3, -0.25) is 4.79 Å². The molecule has 1 saturated heterocycles. The number of nitrogens with one attached hydrogen (secondary N) is 1. The van der Waals surface area contributed by atoms with Gasteiger partial charge in [-0.25, -0.2) is 4.39 Å². The van der Waals surface area contributed by atoms with Crippen molar-refractivity contribution < 1.29 is 9.18 Å². The lowest BCUT2D eigenvalue weighted by atomic mass is 10.1. The van der Waals surface area contributed by atoms with E-state index >= 15 is 0 Å². The second-order valence-electron chi connectivity index (χ2n) is 6.50. The molecule has 1 N–H and O–H groups in total. The van der Waals surface area contributed by atoms with Crippen molar-refractivity contribution in [1.82, 2.24) is 4.90 Å². The number of nitrogens with zero attached hydrogens (tertiary/aromatic N) is 2. The lowest BCUT2D eigenvalue weighted by Gasteiger charge is -2.36. The minimum absolute atomic E-state index is 0.102. The second-order valence-corrected chi connectivity index (χ2v) is 6.91. The Balaban J connectivity index is 1.70. The monoisotopic (exact) mass is 375 g/mol. The molecule has 0 unspecified atom stereocenters. The van der Waals surface area contributed by atoms with Crippen LogP contribution in [0, 0.1) is 12.7 Å². The smallest absolute Gasteiger partial charge is 0.257 e. The molecule has 1 aliphatic rings. The molecule has 0 aromatic heterocycles. The van der Waals surface area contributed by atoms with Crippen LogP contribution in [0.15, 0.2) is 36.4 Å². The number of piperazine rings is 1. The molecule has 1 amide bonds. The molecule has 26 heavy (non-hydrogen) atoms. The molecular formula is C20H23ClFN3O. The van der Waals surface area contributed by atoms with Crippen LogP contribution in [0.5, 0.6) is 0 Å². The van der Waals surface area contributed by atoms with Crippen LogP contribution in [0.4, 0.5) is 15.8 Å². The number of likely N-dealkylation sites (N-methyl/N-ethyl adjacent to an activating group) is 1. The van der Waals surface area contributed by atoms with E-state index in [4.69, 9.17) is 11.6 Å². The topological polar surface area (TPSA) is 35.6 Å². The van der Waals surface area contributed by atoms with Crippen molar-refractivity contribution in [2.45, 2.75) is 13.8 Å². The van der Waals surface area contributed by atoms with Gasteiger partial charge in [-0.1, -0.05) is 18.5 Å². The highest BCUT2D eigenvalue weighted by molar-refractivity contribution is 6.34. The van der Waals surface area contributed by atoms with Crippen LogP contribution in [-0.4, -0.2) is 43.5 Å². The van der Waals surface area contributed by atoms with Crippen molar-refractivity contribution in [3.63, 3.8) is 0 Å². The van der Waals surface area contributed by atoms with E-state index in [2.05, 4.69) is 22.0 Å². The maximum absolute atomic E-state index is 13.1. The zero-order valence-electron chi connectivity index (χ0n) is 15.1. The highest BCUT2D eigenvalue weighted by Gasteiger charge is 2.18. The van der Waals surface area contributed by atoms with Gasteiger partial charge in [0.25, 0.3) is 5.91 Å². The molecular weight excluding hydrogens is 353 g/mol. The van der Waals surface area contributed by atoms with E-state index in [1.165, 1.54) is 17.8 Å². The Morgan fingerprint density at radius 2 is 1.88 bits per heavy atom. The van der Waals surface area contributed by atoms with Gasteiger partial charge in [0, 0.05) is 37.6 Å².